The van der Waals surface area contributed by atoms with Gasteiger partial charge in [0.2, 0.25) is 0 Å². The molecule has 3 saturated carbocycles. The maximum atomic E-state index is 17.0. The van der Waals surface area contributed by atoms with Gasteiger partial charge in [0.05, 0.1) is 35.7 Å². The van der Waals surface area contributed by atoms with Crippen LogP contribution in [0.4, 0.5) is 29.1 Å². The molecule has 252 valence electrons. The first-order chi connectivity index (χ1) is 23.7. The lowest BCUT2D eigenvalue weighted by Gasteiger charge is -2.37. The van der Waals surface area contributed by atoms with Crippen LogP contribution in [-0.2, 0) is 4.74 Å². The van der Waals surface area contributed by atoms with E-state index in [1.165, 1.54) is 24.4 Å². The summed E-state index contributed by atoms with van der Waals surface area (Å²) in [4.78, 5) is 18.2. The molecule has 0 radical (unpaired) electrons. The molecule has 2 aromatic carbocycles. The van der Waals surface area contributed by atoms with Gasteiger partial charge in [-0.1, -0.05) is 12.0 Å². The van der Waals surface area contributed by atoms with Crippen molar-refractivity contribution in [2.75, 3.05) is 50.1 Å². The van der Waals surface area contributed by atoms with Crippen LogP contribution in [0.1, 0.15) is 37.7 Å². The summed E-state index contributed by atoms with van der Waals surface area (Å²) in [5.41, 5.74) is 5.95. The van der Waals surface area contributed by atoms with Crippen LogP contribution in [0.25, 0.3) is 32.9 Å². The van der Waals surface area contributed by atoms with E-state index in [0.29, 0.717) is 48.5 Å². The number of nitrogen functional groups attached to an aromatic ring is 1. The number of anilines is 2. The molecule has 3 aliphatic carbocycles. The highest BCUT2D eigenvalue weighted by Crippen LogP contribution is 2.72. The molecular formula is C37H34F4N6O2. The fourth-order valence-electron chi connectivity index (χ4n) is 9.64. The third-order valence-electron chi connectivity index (χ3n) is 12.6. The minimum absolute atomic E-state index is 0.0329. The Morgan fingerprint density at radius 1 is 1.12 bits per heavy atom. The number of terminal acetylenes is 1. The smallest absolute Gasteiger partial charge is 0.319 e. The average molecular weight is 671 g/mol. The van der Waals surface area contributed by atoms with Crippen LogP contribution in [-0.4, -0.2) is 83.2 Å². The number of halogens is 4. The number of hydrogen-bond acceptors (Lipinski definition) is 8. The summed E-state index contributed by atoms with van der Waals surface area (Å²) in [5.74, 6) is 0.959. The molecule has 2 spiro atoms. The number of benzene rings is 2. The third kappa shape index (κ3) is 4.09. The van der Waals surface area contributed by atoms with Crippen LogP contribution in [0.2, 0.25) is 0 Å². The number of alkyl halides is 2. The van der Waals surface area contributed by atoms with E-state index in [4.69, 9.17) is 26.6 Å². The topological polar surface area (TPSA) is 89.6 Å². The van der Waals surface area contributed by atoms with E-state index in [1.807, 2.05) is 4.90 Å². The lowest BCUT2D eigenvalue weighted by molar-refractivity contribution is 0.0638. The second kappa shape index (κ2) is 9.94. The van der Waals surface area contributed by atoms with Crippen LogP contribution >= 0.6 is 0 Å². The van der Waals surface area contributed by atoms with Gasteiger partial charge in [0.25, 0.3) is 0 Å². The van der Waals surface area contributed by atoms with Crippen molar-refractivity contribution >= 4 is 33.2 Å². The predicted molar refractivity (Wildman–Crippen MR) is 176 cm³/mol. The first-order valence-corrected chi connectivity index (χ1v) is 17.0. The van der Waals surface area contributed by atoms with Gasteiger partial charge in [-0.25, -0.2) is 17.6 Å². The maximum Gasteiger partial charge on any atom is 0.319 e. The molecule has 6 fully saturated rings. The van der Waals surface area contributed by atoms with Crippen LogP contribution in [0, 0.1) is 40.7 Å². The Balaban J connectivity index is 1.12. The summed E-state index contributed by atoms with van der Waals surface area (Å²) in [6.07, 6.45) is 9.73. The van der Waals surface area contributed by atoms with Crippen molar-refractivity contribution in [3.8, 4) is 29.6 Å². The minimum atomic E-state index is -1.12. The molecular weight excluding hydrogens is 636 g/mol. The fourth-order valence-corrected chi connectivity index (χ4v) is 9.64. The molecule has 3 saturated heterocycles. The van der Waals surface area contributed by atoms with E-state index >= 15 is 8.78 Å². The van der Waals surface area contributed by atoms with Crippen LogP contribution in [0.15, 0.2) is 30.5 Å². The van der Waals surface area contributed by atoms with E-state index in [0.717, 1.165) is 38.8 Å². The van der Waals surface area contributed by atoms with Gasteiger partial charge in [0.1, 0.15) is 41.8 Å². The molecule has 2 N–H and O–H groups in total. The monoisotopic (exact) mass is 670 g/mol. The summed E-state index contributed by atoms with van der Waals surface area (Å²) >= 11 is 0. The van der Waals surface area contributed by atoms with Gasteiger partial charge in [-0.3, -0.25) is 9.88 Å². The molecule has 8 nitrogen and oxygen atoms in total. The zero-order chi connectivity index (χ0) is 33.4. The molecule has 2 aromatic heterocycles. The fraction of sp³-hybridized carbons (Fsp3) is 0.486. The van der Waals surface area contributed by atoms with E-state index in [9.17, 15) is 8.78 Å². The lowest BCUT2D eigenvalue weighted by atomic mass is 9.78. The lowest BCUT2D eigenvalue weighted by Crippen LogP contribution is -2.49. The molecule has 12 heteroatoms. The minimum Gasteiger partial charge on any atom is -0.461 e. The van der Waals surface area contributed by atoms with Crippen molar-refractivity contribution in [1.29, 1.82) is 0 Å². The highest BCUT2D eigenvalue weighted by atomic mass is 19.1. The molecule has 6 atom stereocenters. The molecule has 4 aromatic rings. The molecule has 6 aliphatic rings. The van der Waals surface area contributed by atoms with Gasteiger partial charge in [-0.15, -0.1) is 6.42 Å². The van der Waals surface area contributed by atoms with E-state index in [-0.39, 0.29) is 62.6 Å². The maximum absolute atomic E-state index is 17.0. The van der Waals surface area contributed by atoms with E-state index in [1.54, 1.807) is 6.07 Å². The van der Waals surface area contributed by atoms with Gasteiger partial charge in [0, 0.05) is 47.3 Å². The Morgan fingerprint density at radius 3 is 2.73 bits per heavy atom. The summed E-state index contributed by atoms with van der Waals surface area (Å²) in [7, 11) is 0. The quantitative estimate of drug-likeness (QED) is 0.167. The molecule has 10 rings (SSSR count). The van der Waals surface area contributed by atoms with Gasteiger partial charge in [0.15, 0.2) is 5.82 Å². The standard InChI is InChI=1S/C37H34F4N6O2/c1-2-21-25(38)4-3-19-11-20(42)12-22(27(19)21)30-29(41)31-23(14-43-30)33(47-9-10-48-15-24-28(40)32(24)47)45-34(44-31)49-18-37-16-35(13-26(35)39)17-46(37)8-7-36(37)5-6-36/h1,3-4,11-12,14,24,26,28,32H,5-10,13,15-18,42H2/t24-,26+,28-,32-,35-,37-/m0/s1. The Morgan fingerprint density at radius 2 is 1.96 bits per heavy atom. The number of rotatable bonds is 5. The van der Waals surface area contributed by atoms with E-state index in [2.05, 4.69) is 20.8 Å². The SMILES string of the molecule is C#Cc1c(F)ccc2cc(N)cc(-c3ncc4c(N5CCOC[C@H]6[C@H](F)[C@H]65)nc(OC[C@]56C[C@@]7(C[C@H]7F)CN5CCC65CC5)nc4c3F)c12. The van der Waals surface area contributed by atoms with E-state index < -0.39 is 30.0 Å². The Bertz CT molecular complexity index is 2140. The number of nitrogens with zero attached hydrogens (tertiary/aromatic N) is 5. The first kappa shape index (κ1) is 29.7. The molecule has 0 bridgehead atoms. The number of pyridine rings is 1. The van der Waals surface area contributed by atoms with Gasteiger partial charge in [-0.05, 0) is 67.6 Å². The number of nitrogens with two attached hydrogens (primary N) is 1. The van der Waals surface area contributed by atoms with Crippen molar-refractivity contribution < 1.29 is 27.0 Å². The highest BCUT2D eigenvalue weighted by molar-refractivity contribution is 6.03. The number of ether oxygens (including phenoxy) is 2. The van der Waals surface area contributed by atoms with Crippen molar-refractivity contribution in [3.63, 3.8) is 0 Å². The first-order valence-electron chi connectivity index (χ1n) is 17.0. The Labute approximate surface area is 280 Å². The van der Waals surface area contributed by atoms with Crippen molar-refractivity contribution in [2.45, 2.75) is 56.0 Å². The zero-order valence-electron chi connectivity index (χ0n) is 26.7. The number of hydrogen-bond donors (Lipinski definition) is 1. The summed E-state index contributed by atoms with van der Waals surface area (Å²) < 4.78 is 73.9. The number of aromatic nitrogens is 3. The predicted octanol–water partition coefficient (Wildman–Crippen LogP) is 5.60. The van der Waals surface area contributed by atoms with Crippen molar-refractivity contribution in [1.82, 2.24) is 19.9 Å². The number of fused-ring (bicyclic) bond motifs is 5. The Hall–Kier alpha value is -4.21. The van der Waals surface area contributed by atoms with Crippen molar-refractivity contribution in [3.05, 3.63) is 47.7 Å². The summed E-state index contributed by atoms with van der Waals surface area (Å²) in [6.45, 7) is 2.84. The van der Waals surface area contributed by atoms with Crippen molar-refractivity contribution in [2.24, 2.45) is 16.7 Å². The molecule has 0 amide bonds. The second-order valence-corrected chi connectivity index (χ2v) is 15.1. The highest BCUT2D eigenvalue weighted by Gasteiger charge is 2.75. The average Bonchev–Trinajstić information content (AvgIpc) is 4.03. The zero-order valence-corrected chi connectivity index (χ0v) is 26.7. The van der Waals surface area contributed by atoms with Crippen LogP contribution < -0.4 is 15.4 Å². The largest absolute Gasteiger partial charge is 0.461 e. The molecule has 3 aliphatic heterocycles. The van der Waals surface area contributed by atoms with Crippen LogP contribution in [0.5, 0.6) is 6.01 Å². The van der Waals surface area contributed by atoms with Crippen LogP contribution in [0.3, 0.4) is 0 Å². The molecule has 0 unspecified atom stereocenters. The Kier molecular flexibility index (Phi) is 6.02. The van der Waals surface area contributed by atoms with Gasteiger partial charge in [-0.2, -0.15) is 9.97 Å². The molecule has 5 heterocycles. The summed E-state index contributed by atoms with van der Waals surface area (Å²) in [5, 5.41) is 1.11. The molecule has 49 heavy (non-hydrogen) atoms. The van der Waals surface area contributed by atoms with Gasteiger partial charge < -0.3 is 20.1 Å². The summed E-state index contributed by atoms with van der Waals surface area (Å²) in [6, 6.07) is 5.42. The normalized spacial score (nSPS) is 32.3. The second-order valence-electron chi connectivity index (χ2n) is 15.1. The van der Waals surface area contributed by atoms with Gasteiger partial charge >= 0.3 is 6.01 Å². The third-order valence-corrected chi connectivity index (χ3v) is 12.6.